The van der Waals surface area contributed by atoms with Gasteiger partial charge in [-0.05, 0) is 38.4 Å². The Morgan fingerprint density at radius 3 is 2.57 bits per heavy atom. The number of aryl methyl sites for hydroxylation is 1. The number of nitrogens with zero attached hydrogens (tertiary/aromatic N) is 3. The first-order chi connectivity index (χ1) is 13.5. The fourth-order valence-corrected chi connectivity index (χ4v) is 3.60. The number of H-pyrrole nitrogens is 1. The molecule has 0 radical (unpaired) electrons. The van der Waals surface area contributed by atoms with Gasteiger partial charge in [0, 0.05) is 31.1 Å². The van der Waals surface area contributed by atoms with Gasteiger partial charge < -0.3 is 10.2 Å². The average molecular weight is 402 g/mol. The lowest BCUT2D eigenvalue weighted by molar-refractivity contribution is -0.136. The molecule has 1 saturated heterocycles. The summed E-state index contributed by atoms with van der Waals surface area (Å²) in [5.74, 6) is 0.757. The van der Waals surface area contributed by atoms with Crippen LogP contribution in [0.2, 0.25) is 0 Å². The standard InChI is InChI=1S/C20H27N5O2S/c1-3-10-21-19(27)16-8-11-24(12-9-16)17(26)13-25-18(22-23-20(25)28)15-6-4-14(2)5-7-15/h4-7,16H,3,8-13H2,1-2H3,(H,21,27)(H,23,28). The first-order valence-electron chi connectivity index (χ1n) is 9.77. The highest BCUT2D eigenvalue weighted by Crippen LogP contribution is 2.20. The second-order valence-electron chi connectivity index (χ2n) is 7.25. The van der Waals surface area contributed by atoms with Crippen LogP contribution in [0.5, 0.6) is 0 Å². The van der Waals surface area contributed by atoms with Crippen LogP contribution < -0.4 is 5.32 Å². The second-order valence-corrected chi connectivity index (χ2v) is 7.64. The molecule has 2 N–H and O–H groups in total. The smallest absolute Gasteiger partial charge is 0.242 e. The molecule has 7 nitrogen and oxygen atoms in total. The van der Waals surface area contributed by atoms with Crippen molar-refractivity contribution in [2.75, 3.05) is 19.6 Å². The van der Waals surface area contributed by atoms with Crippen molar-refractivity contribution in [3.63, 3.8) is 0 Å². The minimum absolute atomic E-state index is 0.00159. The van der Waals surface area contributed by atoms with Crippen LogP contribution in [-0.4, -0.2) is 51.1 Å². The van der Waals surface area contributed by atoms with Crippen molar-refractivity contribution in [3.05, 3.63) is 34.6 Å². The molecule has 150 valence electrons. The monoisotopic (exact) mass is 401 g/mol. The summed E-state index contributed by atoms with van der Waals surface area (Å²) >= 11 is 5.33. The molecule has 1 aromatic heterocycles. The van der Waals surface area contributed by atoms with Gasteiger partial charge in [-0.2, -0.15) is 5.10 Å². The maximum absolute atomic E-state index is 12.8. The van der Waals surface area contributed by atoms with Crippen molar-refractivity contribution < 1.29 is 9.59 Å². The number of likely N-dealkylation sites (tertiary alicyclic amines) is 1. The minimum atomic E-state index is -0.00480. The molecule has 1 aromatic carbocycles. The lowest BCUT2D eigenvalue weighted by atomic mass is 9.96. The molecule has 0 aliphatic carbocycles. The van der Waals surface area contributed by atoms with Gasteiger partial charge in [-0.25, -0.2) is 0 Å². The Morgan fingerprint density at radius 1 is 1.25 bits per heavy atom. The Bertz CT molecular complexity index is 879. The average Bonchev–Trinajstić information content (AvgIpc) is 3.07. The predicted octanol–water partition coefficient (Wildman–Crippen LogP) is 2.68. The van der Waals surface area contributed by atoms with Crippen molar-refractivity contribution in [3.8, 4) is 11.4 Å². The van der Waals surface area contributed by atoms with Gasteiger partial charge in [-0.15, -0.1) is 0 Å². The topological polar surface area (TPSA) is 83.0 Å². The highest BCUT2D eigenvalue weighted by atomic mass is 32.1. The molecule has 0 atom stereocenters. The second kappa shape index (κ2) is 9.14. The van der Waals surface area contributed by atoms with E-state index in [9.17, 15) is 9.59 Å². The number of benzene rings is 1. The van der Waals surface area contributed by atoms with Crippen LogP contribution in [0.3, 0.4) is 0 Å². The highest BCUT2D eigenvalue weighted by molar-refractivity contribution is 7.71. The molecule has 0 saturated carbocycles. The van der Waals surface area contributed by atoms with Crippen molar-refractivity contribution >= 4 is 24.0 Å². The molecule has 2 heterocycles. The summed E-state index contributed by atoms with van der Waals surface area (Å²) in [6.07, 6.45) is 2.32. The van der Waals surface area contributed by atoms with Crippen LogP contribution in [0.25, 0.3) is 11.4 Å². The number of carbonyl (C=O) groups excluding carboxylic acids is 2. The van der Waals surface area contributed by atoms with Gasteiger partial charge in [-0.3, -0.25) is 19.3 Å². The third-order valence-electron chi connectivity index (χ3n) is 5.13. The Hall–Kier alpha value is -2.48. The first kappa shape index (κ1) is 20.3. The quantitative estimate of drug-likeness (QED) is 0.729. The summed E-state index contributed by atoms with van der Waals surface area (Å²) in [4.78, 5) is 26.8. The van der Waals surface area contributed by atoms with Gasteiger partial charge >= 0.3 is 0 Å². The SMILES string of the molecule is CCCNC(=O)C1CCN(C(=O)Cn2c(-c3ccc(C)cc3)n[nH]c2=S)CC1. The van der Waals surface area contributed by atoms with Crippen molar-refractivity contribution in [1.29, 1.82) is 0 Å². The largest absolute Gasteiger partial charge is 0.356 e. The molecule has 3 rings (SSSR count). The third-order valence-corrected chi connectivity index (χ3v) is 5.44. The molecule has 1 fully saturated rings. The summed E-state index contributed by atoms with van der Waals surface area (Å²) < 4.78 is 2.17. The van der Waals surface area contributed by atoms with E-state index in [1.165, 1.54) is 0 Å². The Balaban J connectivity index is 1.63. The summed E-state index contributed by atoms with van der Waals surface area (Å²) in [5, 5.41) is 10.0. The molecule has 2 aromatic rings. The number of amides is 2. The van der Waals surface area contributed by atoms with Crippen molar-refractivity contribution in [2.45, 2.75) is 39.7 Å². The van der Waals surface area contributed by atoms with E-state index < -0.39 is 0 Å². The number of aromatic amines is 1. The van der Waals surface area contributed by atoms with E-state index in [1.807, 2.05) is 43.0 Å². The van der Waals surface area contributed by atoms with Gasteiger partial charge in [0.05, 0.1) is 0 Å². The lowest BCUT2D eigenvalue weighted by Gasteiger charge is -2.31. The van der Waals surface area contributed by atoms with Gasteiger partial charge in [0.25, 0.3) is 0 Å². The number of piperidine rings is 1. The fraction of sp³-hybridized carbons (Fsp3) is 0.500. The molecule has 0 spiro atoms. The van der Waals surface area contributed by atoms with E-state index in [1.54, 1.807) is 4.57 Å². The van der Waals surface area contributed by atoms with E-state index in [-0.39, 0.29) is 24.3 Å². The molecule has 8 heteroatoms. The molecule has 0 bridgehead atoms. The first-order valence-corrected chi connectivity index (χ1v) is 10.2. The highest BCUT2D eigenvalue weighted by Gasteiger charge is 2.27. The number of rotatable bonds is 6. The maximum Gasteiger partial charge on any atom is 0.242 e. The van der Waals surface area contributed by atoms with Crippen LogP contribution in [0.1, 0.15) is 31.7 Å². The lowest BCUT2D eigenvalue weighted by Crippen LogP contribution is -2.44. The summed E-state index contributed by atoms with van der Waals surface area (Å²) in [7, 11) is 0. The Morgan fingerprint density at radius 2 is 1.93 bits per heavy atom. The van der Waals surface area contributed by atoms with E-state index in [0.29, 0.717) is 43.1 Å². The summed E-state index contributed by atoms with van der Waals surface area (Å²) in [6.45, 7) is 6.09. The maximum atomic E-state index is 12.8. The van der Waals surface area contributed by atoms with Gasteiger partial charge in [0.15, 0.2) is 10.6 Å². The number of carbonyl (C=O) groups is 2. The van der Waals surface area contributed by atoms with Gasteiger partial charge in [0.1, 0.15) is 6.54 Å². The Labute approximate surface area is 170 Å². The number of hydrogen-bond acceptors (Lipinski definition) is 4. The minimum Gasteiger partial charge on any atom is -0.356 e. The molecule has 28 heavy (non-hydrogen) atoms. The molecule has 2 amide bonds. The normalized spacial score (nSPS) is 14.9. The van der Waals surface area contributed by atoms with Crippen LogP contribution in [0.15, 0.2) is 24.3 Å². The molecule has 1 aliphatic rings. The Kier molecular flexibility index (Phi) is 6.61. The van der Waals surface area contributed by atoms with E-state index in [0.717, 1.165) is 17.5 Å². The van der Waals surface area contributed by atoms with E-state index in [4.69, 9.17) is 12.2 Å². The zero-order chi connectivity index (χ0) is 20.1. The van der Waals surface area contributed by atoms with Crippen molar-refractivity contribution in [2.24, 2.45) is 5.92 Å². The zero-order valence-corrected chi connectivity index (χ0v) is 17.2. The molecular formula is C20H27N5O2S. The van der Waals surface area contributed by atoms with Crippen LogP contribution in [-0.2, 0) is 16.1 Å². The van der Waals surface area contributed by atoms with Crippen LogP contribution >= 0.6 is 12.2 Å². The zero-order valence-electron chi connectivity index (χ0n) is 16.4. The van der Waals surface area contributed by atoms with Crippen molar-refractivity contribution in [1.82, 2.24) is 25.0 Å². The van der Waals surface area contributed by atoms with E-state index >= 15 is 0 Å². The third kappa shape index (κ3) is 4.67. The summed E-state index contributed by atoms with van der Waals surface area (Å²) in [6, 6.07) is 7.96. The van der Waals surface area contributed by atoms with Crippen LogP contribution in [0.4, 0.5) is 0 Å². The number of nitrogens with one attached hydrogen (secondary N) is 2. The van der Waals surface area contributed by atoms with Gasteiger partial charge in [0.2, 0.25) is 11.8 Å². The van der Waals surface area contributed by atoms with Crippen LogP contribution in [0, 0.1) is 17.6 Å². The number of hydrogen-bond donors (Lipinski definition) is 2. The predicted molar refractivity (Wildman–Crippen MR) is 110 cm³/mol. The number of aromatic nitrogens is 3. The fourth-order valence-electron chi connectivity index (χ4n) is 3.41. The van der Waals surface area contributed by atoms with Gasteiger partial charge in [-0.1, -0.05) is 36.8 Å². The molecule has 0 unspecified atom stereocenters. The molecule has 1 aliphatic heterocycles. The summed E-state index contributed by atoms with van der Waals surface area (Å²) in [5.41, 5.74) is 2.07. The van der Waals surface area contributed by atoms with E-state index in [2.05, 4.69) is 15.5 Å². The molecular weight excluding hydrogens is 374 g/mol.